The van der Waals surface area contributed by atoms with Crippen molar-refractivity contribution in [2.75, 3.05) is 14.2 Å². The van der Waals surface area contributed by atoms with E-state index in [1.807, 2.05) is 18.2 Å². The van der Waals surface area contributed by atoms with Crippen LogP contribution in [0.3, 0.4) is 0 Å². The van der Waals surface area contributed by atoms with Gasteiger partial charge in [-0.15, -0.1) is 0 Å². The summed E-state index contributed by atoms with van der Waals surface area (Å²) in [6, 6.07) is 11.9. The Kier molecular flexibility index (Phi) is 5.41. The van der Waals surface area contributed by atoms with Crippen molar-refractivity contribution in [3.05, 3.63) is 63.0 Å². The van der Waals surface area contributed by atoms with Gasteiger partial charge in [-0.3, -0.25) is 14.9 Å². The fourth-order valence-corrected chi connectivity index (χ4v) is 3.23. The normalized spacial score (nSPS) is 16.4. The maximum absolute atomic E-state index is 12.2. The Morgan fingerprint density at radius 3 is 2.44 bits per heavy atom. The maximum Gasteiger partial charge on any atom is 0.280 e. The Morgan fingerprint density at radius 2 is 1.81 bits per heavy atom. The summed E-state index contributed by atoms with van der Waals surface area (Å²) in [5.41, 5.74) is 0.733. The lowest BCUT2D eigenvalue weighted by molar-refractivity contribution is -0.385. The molecular formula is C18H15N3O5S. The van der Waals surface area contributed by atoms with E-state index in [2.05, 4.69) is 10.3 Å². The van der Waals surface area contributed by atoms with Gasteiger partial charge in [-0.1, -0.05) is 18.2 Å². The first kappa shape index (κ1) is 18.5. The molecule has 3 rings (SSSR count). The lowest BCUT2D eigenvalue weighted by Crippen LogP contribution is -2.19. The number of thioether (sulfide) groups is 1. The molecule has 9 heteroatoms. The van der Waals surface area contributed by atoms with Crippen molar-refractivity contribution in [3.63, 3.8) is 0 Å². The molecule has 1 fully saturated rings. The maximum atomic E-state index is 12.2. The predicted molar refractivity (Wildman–Crippen MR) is 103 cm³/mol. The zero-order valence-electron chi connectivity index (χ0n) is 14.5. The van der Waals surface area contributed by atoms with E-state index in [0.717, 1.165) is 11.8 Å². The first-order valence-electron chi connectivity index (χ1n) is 7.77. The van der Waals surface area contributed by atoms with Crippen LogP contribution in [0.25, 0.3) is 6.08 Å². The molecule has 0 bridgehead atoms. The number of hydrogen-bond donors (Lipinski definition) is 1. The number of ether oxygens (including phenoxy) is 2. The van der Waals surface area contributed by atoms with E-state index < -0.39 is 4.92 Å². The van der Waals surface area contributed by atoms with Crippen molar-refractivity contribution in [1.82, 2.24) is 5.32 Å². The number of amides is 1. The van der Waals surface area contributed by atoms with Gasteiger partial charge in [-0.2, -0.15) is 0 Å². The van der Waals surface area contributed by atoms with Gasteiger partial charge in [0.1, 0.15) is 0 Å². The number of methoxy groups -OCH3 is 2. The van der Waals surface area contributed by atoms with Gasteiger partial charge in [0.15, 0.2) is 16.7 Å². The summed E-state index contributed by atoms with van der Waals surface area (Å²) >= 11 is 1.11. The average molecular weight is 385 g/mol. The highest BCUT2D eigenvalue weighted by molar-refractivity contribution is 8.18. The molecule has 138 valence electrons. The fourth-order valence-electron chi connectivity index (χ4n) is 2.40. The van der Waals surface area contributed by atoms with E-state index in [0.29, 0.717) is 21.5 Å². The number of nitrogens with zero attached hydrogens (tertiary/aromatic N) is 2. The summed E-state index contributed by atoms with van der Waals surface area (Å²) in [7, 11) is 2.83. The smallest absolute Gasteiger partial charge is 0.280 e. The second kappa shape index (κ2) is 7.92. The molecule has 0 radical (unpaired) electrons. The summed E-state index contributed by atoms with van der Waals surface area (Å²) in [6.45, 7) is 0. The monoisotopic (exact) mass is 385 g/mol. The zero-order valence-corrected chi connectivity index (χ0v) is 15.3. The van der Waals surface area contributed by atoms with Crippen molar-refractivity contribution >= 4 is 40.3 Å². The SMILES string of the molecule is COc1cc(/C=C2\SC(=Nc3ccccc3)NC2=O)c([N+](=O)[O-])cc1OC. The van der Waals surface area contributed by atoms with Crippen LogP contribution in [0.5, 0.6) is 11.5 Å². The lowest BCUT2D eigenvalue weighted by atomic mass is 10.1. The molecule has 1 amide bonds. The molecule has 0 spiro atoms. The third-order valence-corrected chi connectivity index (χ3v) is 4.56. The minimum Gasteiger partial charge on any atom is -0.493 e. The third kappa shape index (κ3) is 4.09. The fraction of sp³-hybridized carbons (Fsp3) is 0.111. The largest absolute Gasteiger partial charge is 0.493 e. The molecule has 2 aromatic rings. The molecule has 0 saturated carbocycles. The number of carbonyl (C=O) groups is 1. The summed E-state index contributed by atoms with van der Waals surface area (Å²) in [4.78, 5) is 27.7. The number of amidine groups is 1. The number of para-hydroxylation sites is 1. The van der Waals surface area contributed by atoms with E-state index in [4.69, 9.17) is 9.47 Å². The van der Waals surface area contributed by atoms with Gasteiger partial charge in [0, 0.05) is 0 Å². The van der Waals surface area contributed by atoms with Gasteiger partial charge in [-0.05, 0) is 36.0 Å². The standard InChI is InChI=1S/C18H15N3O5S/c1-25-14-8-11(13(21(23)24)10-15(14)26-2)9-16-17(22)20-18(27-16)19-12-6-4-3-5-7-12/h3-10H,1-2H3,(H,19,20,22)/b16-9-. The molecule has 0 atom stereocenters. The van der Waals surface area contributed by atoms with Crippen molar-refractivity contribution in [2.24, 2.45) is 4.99 Å². The molecule has 0 unspecified atom stereocenters. The van der Waals surface area contributed by atoms with Crippen molar-refractivity contribution in [3.8, 4) is 11.5 Å². The number of carbonyl (C=O) groups excluding carboxylic acids is 1. The molecule has 27 heavy (non-hydrogen) atoms. The van der Waals surface area contributed by atoms with Crippen molar-refractivity contribution < 1.29 is 19.2 Å². The number of nitrogens with one attached hydrogen (secondary N) is 1. The van der Waals surface area contributed by atoms with E-state index in [9.17, 15) is 14.9 Å². The molecule has 1 heterocycles. The van der Waals surface area contributed by atoms with Crippen LogP contribution in [0.1, 0.15) is 5.56 Å². The van der Waals surface area contributed by atoms with Crippen LogP contribution in [-0.4, -0.2) is 30.2 Å². The number of nitro groups is 1. The summed E-state index contributed by atoms with van der Waals surface area (Å²) in [5.74, 6) is 0.191. The molecule has 0 aromatic heterocycles. The van der Waals surface area contributed by atoms with Crippen LogP contribution >= 0.6 is 11.8 Å². The topological polar surface area (TPSA) is 103 Å². The number of benzene rings is 2. The van der Waals surface area contributed by atoms with Crippen LogP contribution in [-0.2, 0) is 4.79 Å². The summed E-state index contributed by atoms with van der Waals surface area (Å²) in [6.07, 6.45) is 1.44. The van der Waals surface area contributed by atoms with E-state index in [1.54, 1.807) is 12.1 Å². The van der Waals surface area contributed by atoms with Crippen molar-refractivity contribution in [2.45, 2.75) is 0 Å². The Bertz CT molecular complexity index is 957. The number of hydrogen-bond acceptors (Lipinski definition) is 7. The molecule has 8 nitrogen and oxygen atoms in total. The first-order valence-corrected chi connectivity index (χ1v) is 8.58. The highest BCUT2D eigenvalue weighted by atomic mass is 32.2. The van der Waals surface area contributed by atoms with Crippen LogP contribution in [0.2, 0.25) is 0 Å². The van der Waals surface area contributed by atoms with Crippen molar-refractivity contribution in [1.29, 1.82) is 0 Å². The molecule has 1 saturated heterocycles. The number of aliphatic imine (C=N–C) groups is 1. The summed E-state index contributed by atoms with van der Waals surface area (Å²) < 4.78 is 10.3. The van der Waals surface area contributed by atoms with E-state index >= 15 is 0 Å². The highest BCUT2D eigenvalue weighted by Gasteiger charge is 2.26. The van der Waals surface area contributed by atoms with Gasteiger partial charge >= 0.3 is 0 Å². The van der Waals surface area contributed by atoms with Gasteiger partial charge in [0.25, 0.3) is 11.6 Å². The minimum atomic E-state index is -0.537. The van der Waals surface area contributed by atoms with E-state index in [-0.39, 0.29) is 22.9 Å². The zero-order chi connectivity index (χ0) is 19.4. The van der Waals surface area contributed by atoms with Crippen LogP contribution < -0.4 is 14.8 Å². The lowest BCUT2D eigenvalue weighted by Gasteiger charge is -2.08. The van der Waals surface area contributed by atoms with Gasteiger partial charge < -0.3 is 14.8 Å². The van der Waals surface area contributed by atoms with Crippen LogP contribution in [0.4, 0.5) is 11.4 Å². The molecule has 0 aliphatic carbocycles. The first-order chi connectivity index (χ1) is 13.0. The van der Waals surface area contributed by atoms with E-state index in [1.165, 1.54) is 32.4 Å². The number of rotatable bonds is 5. The number of nitro benzene ring substituents is 1. The highest BCUT2D eigenvalue weighted by Crippen LogP contribution is 2.37. The Balaban J connectivity index is 1.97. The molecule has 1 aliphatic rings. The third-order valence-electron chi connectivity index (χ3n) is 3.65. The minimum absolute atomic E-state index is 0.193. The van der Waals surface area contributed by atoms with Gasteiger partial charge in [0.2, 0.25) is 0 Å². The molecule has 1 N–H and O–H groups in total. The van der Waals surface area contributed by atoms with Crippen LogP contribution in [0.15, 0.2) is 52.4 Å². The Hall–Kier alpha value is -3.33. The summed E-state index contributed by atoms with van der Waals surface area (Å²) in [5, 5.41) is 14.5. The van der Waals surface area contributed by atoms with Gasteiger partial charge in [0.05, 0.1) is 41.4 Å². The predicted octanol–water partition coefficient (Wildman–Crippen LogP) is 3.50. The molecular weight excluding hydrogens is 370 g/mol. The Morgan fingerprint density at radius 1 is 1.15 bits per heavy atom. The second-order valence-corrected chi connectivity index (χ2v) is 6.37. The van der Waals surface area contributed by atoms with Gasteiger partial charge in [-0.25, -0.2) is 4.99 Å². The second-order valence-electron chi connectivity index (χ2n) is 5.34. The van der Waals surface area contributed by atoms with Crippen LogP contribution in [0, 0.1) is 10.1 Å². The molecule has 2 aromatic carbocycles. The quantitative estimate of drug-likeness (QED) is 0.480. The average Bonchev–Trinajstić information content (AvgIpc) is 3.00. The Labute approximate surface area is 159 Å². The molecule has 1 aliphatic heterocycles.